The van der Waals surface area contributed by atoms with Crippen LogP contribution in [0.15, 0.2) is 79.0 Å². The first-order chi connectivity index (χ1) is 16.0. The summed E-state index contributed by atoms with van der Waals surface area (Å²) in [5.74, 6) is -0.672. The van der Waals surface area contributed by atoms with Gasteiger partial charge in [0.2, 0.25) is 0 Å². The number of para-hydroxylation sites is 2. The summed E-state index contributed by atoms with van der Waals surface area (Å²) in [6, 6.07) is 20.3. The summed E-state index contributed by atoms with van der Waals surface area (Å²) in [4.78, 5) is 6.35. The van der Waals surface area contributed by atoms with Crippen molar-refractivity contribution in [3.63, 3.8) is 0 Å². The van der Waals surface area contributed by atoms with Gasteiger partial charge in [0.15, 0.2) is 5.11 Å². The highest BCUT2D eigenvalue weighted by atomic mass is 32.1. The molecule has 166 valence electrons. The molecule has 0 spiro atoms. The molecule has 1 aliphatic heterocycles. The summed E-state index contributed by atoms with van der Waals surface area (Å²) >= 11 is 5.69. The smallest absolute Gasteiger partial charge is 0.174 e. The number of nitrogens with zero attached hydrogens (tertiary/aromatic N) is 3. The molecule has 0 amide bonds. The van der Waals surface area contributed by atoms with E-state index in [1.807, 2.05) is 48.7 Å². The molecule has 33 heavy (non-hydrogen) atoms. The fourth-order valence-electron chi connectivity index (χ4n) is 4.67. The molecule has 4 aromatic rings. The number of thiocarbonyl (C=S) groups is 1. The number of aromatic nitrogens is 2. The predicted octanol–water partition coefficient (Wildman–Crippen LogP) is 5.94. The van der Waals surface area contributed by atoms with E-state index in [1.54, 1.807) is 41.4 Å². The van der Waals surface area contributed by atoms with Crippen LogP contribution in [-0.2, 0) is 0 Å². The second-order valence-electron chi connectivity index (χ2n) is 8.06. The van der Waals surface area contributed by atoms with Crippen molar-refractivity contribution < 1.29 is 8.78 Å². The van der Waals surface area contributed by atoms with Gasteiger partial charge in [-0.3, -0.25) is 4.98 Å². The van der Waals surface area contributed by atoms with Crippen LogP contribution in [0.5, 0.6) is 0 Å². The lowest BCUT2D eigenvalue weighted by Crippen LogP contribution is -2.30. The average Bonchev–Trinajstić information content (AvgIpc) is 3.30. The lowest BCUT2D eigenvalue weighted by molar-refractivity contribution is 0.555. The van der Waals surface area contributed by atoms with Gasteiger partial charge >= 0.3 is 0 Å². The zero-order chi connectivity index (χ0) is 23.1. The molecule has 1 N–H and O–H groups in total. The van der Waals surface area contributed by atoms with E-state index in [1.165, 1.54) is 12.1 Å². The molecule has 2 aromatic heterocycles. The second-order valence-corrected chi connectivity index (χ2v) is 8.45. The number of aryl methyl sites for hydroxylation is 1. The van der Waals surface area contributed by atoms with Crippen LogP contribution >= 0.6 is 12.2 Å². The van der Waals surface area contributed by atoms with Crippen molar-refractivity contribution in [3.05, 3.63) is 113 Å². The monoisotopic (exact) mass is 460 g/mol. The first kappa shape index (κ1) is 21.3. The van der Waals surface area contributed by atoms with Crippen LogP contribution in [0.4, 0.5) is 14.5 Å². The molecule has 2 aromatic carbocycles. The summed E-state index contributed by atoms with van der Waals surface area (Å²) in [5.41, 5.74) is 4.30. The zero-order valence-corrected chi connectivity index (χ0v) is 19.0. The molecule has 2 unspecified atom stereocenters. The van der Waals surface area contributed by atoms with Crippen LogP contribution in [-0.4, -0.2) is 14.7 Å². The maximum atomic E-state index is 14.9. The number of benzene rings is 2. The third-order valence-corrected chi connectivity index (χ3v) is 6.41. The van der Waals surface area contributed by atoms with Gasteiger partial charge in [-0.2, -0.15) is 0 Å². The third-order valence-electron chi connectivity index (χ3n) is 6.09. The van der Waals surface area contributed by atoms with Gasteiger partial charge in [-0.15, -0.1) is 0 Å². The van der Waals surface area contributed by atoms with E-state index in [0.717, 1.165) is 22.6 Å². The molecular formula is C26H22F2N4S. The van der Waals surface area contributed by atoms with Crippen molar-refractivity contribution in [2.24, 2.45) is 0 Å². The number of rotatable bonds is 4. The third kappa shape index (κ3) is 3.58. The lowest BCUT2D eigenvalue weighted by atomic mass is 9.96. The highest BCUT2D eigenvalue weighted by Gasteiger charge is 2.43. The van der Waals surface area contributed by atoms with Gasteiger partial charge < -0.3 is 14.8 Å². The maximum absolute atomic E-state index is 14.9. The summed E-state index contributed by atoms with van der Waals surface area (Å²) in [6.07, 6.45) is 1.73. The zero-order valence-electron chi connectivity index (χ0n) is 18.2. The number of pyridine rings is 1. The van der Waals surface area contributed by atoms with Crippen molar-refractivity contribution >= 4 is 23.0 Å². The summed E-state index contributed by atoms with van der Waals surface area (Å²) in [5, 5.41) is 3.76. The molecule has 0 bridgehead atoms. The Kier molecular flexibility index (Phi) is 5.42. The molecule has 1 fully saturated rings. The highest BCUT2D eigenvalue weighted by molar-refractivity contribution is 7.80. The Morgan fingerprint density at radius 2 is 1.52 bits per heavy atom. The molecule has 0 radical (unpaired) electrons. The van der Waals surface area contributed by atoms with Crippen LogP contribution in [0.2, 0.25) is 0 Å². The van der Waals surface area contributed by atoms with Crippen molar-refractivity contribution in [3.8, 4) is 5.69 Å². The first-order valence-corrected chi connectivity index (χ1v) is 11.1. The summed E-state index contributed by atoms with van der Waals surface area (Å²) < 4.78 is 31.5. The normalized spacial score (nSPS) is 17.9. The van der Waals surface area contributed by atoms with Gasteiger partial charge in [0.25, 0.3) is 0 Å². The standard InChI is InChI=1S/C26H22F2N4S/c1-16-15-18(17(2)31(16)22-12-5-3-9-19(22)27)25-24(21-11-7-8-14-29-21)30-26(33)32(25)23-13-6-4-10-20(23)28/h3-15,24-25H,1-2H3,(H,30,33). The van der Waals surface area contributed by atoms with Crippen molar-refractivity contribution in [1.82, 2.24) is 14.9 Å². The van der Waals surface area contributed by atoms with Crippen molar-refractivity contribution in [2.75, 3.05) is 4.90 Å². The van der Waals surface area contributed by atoms with Gasteiger partial charge in [-0.1, -0.05) is 30.3 Å². The molecule has 5 rings (SSSR count). The first-order valence-electron chi connectivity index (χ1n) is 10.7. The van der Waals surface area contributed by atoms with Crippen LogP contribution in [0, 0.1) is 25.5 Å². The van der Waals surface area contributed by atoms with E-state index >= 15 is 0 Å². The van der Waals surface area contributed by atoms with Gasteiger partial charge in [0, 0.05) is 17.6 Å². The van der Waals surface area contributed by atoms with Crippen molar-refractivity contribution in [2.45, 2.75) is 25.9 Å². The van der Waals surface area contributed by atoms with Gasteiger partial charge in [0.1, 0.15) is 11.6 Å². The van der Waals surface area contributed by atoms with E-state index in [9.17, 15) is 8.78 Å². The highest BCUT2D eigenvalue weighted by Crippen LogP contribution is 2.44. The van der Waals surface area contributed by atoms with Crippen LogP contribution in [0.25, 0.3) is 5.69 Å². The molecule has 7 heteroatoms. The number of hydrogen-bond donors (Lipinski definition) is 1. The summed E-state index contributed by atoms with van der Waals surface area (Å²) in [7, 11) is 0. The largest absolute Gasteiger partial charge is 0.351 e. The number of nitrogens with one attached hydrogen (secondary N) is 1. The van der Waals surface area contributed by atoms with Crippen LogP contribution in [0.1, 0.15) is 34.7 Å². The Hall–Kier alpha value is -3.58. The predicted molar refractivity (Wildman–Crippen MR) is 130 cm³/mol. The van der Waals surface area contributed by atoms with E-state index in [4.69, 9.17) is 12.2 Å². The minimum absolute atomic E-state index is 0.307. The Balaban J connectivity index is 1.71. The molecule has 3 heterocycles. The van der Waals surface area contributed by atoms with Crippen LogP contribution < -0.4 is 10.2 Å². The fourth-order valence-corrected chi connectivity index (χ4v) is 5.01. The van der Waals surface area contributed by atoms with Crippen LogP contribution in [0.3, 0.4) is 0 Å². The maximum Gasteiger partial charge on any atom is 0.174 e. The quantitative estimate of drug-likeness (QED) is 0.382. The van der Waals surface area contributed by atoms with Gasteiger partial charge in [-0.05, 0) is 74.1 Å². The lowest BCUT2D eigenvalue weighted by Gasteiger charge is -2.28. The topological polar surface area (TPSA) is 33.1 Å². The van der Waals surface area contributed by atoms with E-state index < -0.39 is 0 Å². The van der Waals surface area contributed by atoms with Gasteiger partial charge in [-0.25, -0.2) is 8.78 Å². The number of anilines is 1. The Morgan fingerprint density at radius 3 is 2.15 bits per heavy atom. The number of halogens is 2. The summed E-state index contributed by atoms with van der Waals surface area (Å²) in [6.45, 7) is 3.89. The molecule has 4 nitrogen and oxygen atoms in total. The molecule has 1 aliphatic rings. The van der Waals surface area contributed by atoms with E-state index in [2.05, 4.69) is 10.3 Å². The Morgan fingerprint density at radius 1 is 0.879 bits per heavy atom. The Bertz CT molecular complexity index is 1340. The Labute approximate surface area is 196 Å². The second kappa shape index (κ2) is 8.41. The minimum atomic E-state index is -0.379. The minimum Gasteiger partial charge on any atom is -0.351 e. The molecule has 2 atom stereocenters. The number of hydrogen-bond acceptors (Lipinski definition) is 2. The average molecular weight is 461 g/mol. The van der Waals surface area contributed by atoms with Gasteiger partial charge in [0.05, 0.1) is 29.2 Å². The van der Waals surface area contributed by atoms with E-state index in [0.29, 0.717) is 16.5 Å². The molecule has 0 saturated carbocycles. The molecule has 1 saturated heterocycles. The molecule has 0 aliphatic carbocycles. The van der Waals surface area contributed by atoms with Crippen molar-refractivity contribution in [1.29, 1.82) is 0 Å². The fraction of sp³-hybridized carbons (Fsp3) is 0.154. The molecular weight excluding hydrogens is 438 g/mol. The SMILES string of the molecule is Cc1cc(C2C(c3ccccn3)NC(=S)N2c2ccccc2F)c(C)n1-c1ccccc1F. The van der Waals surface area contributed by atoms with E-state index in [-0.39, 0.29) is 23.7 Å².